The maximum absolute atomic E-state index is 12.7. The Bertz CT molecular complexity index is 805. The van der Waals surface area contributed by atoms with Gasteiger partial charge in [0.15, 0.2) is 0 Å². The number of hydrogen-bond donors (Lipinski definition) is 0. The first kappa shape index (κ1) is 19.0. The van der Waals surface area contributed by atoms with Crippen LogP contribution in [-0.2, 0) is 18.3 Å². The zero-order chi connectivity index (χ0) is 19.5. The van der Waals surface area contributed by atoms with E-state index in [0.29, 0.717) is 11.5 Å². The van der Waals surface area contributed by atoms with E-state index in [1.165, 1.54) is 0 Å². The zero-order valence-corrected chi connectivity index (χ0v) is 16.7. The van der Waals surface area contributed by atoms with Crippen LogP contribution in [-0.4, -0.2) is 74.8 Å². The highest BCUT2D eigenvalue weighted by Gasteiger charge is 2.28. The number of aromatic nitrogens is 4. The van der Waals surface area contributed by atoms with Crippen LogP contribution in [0.15, 0.2) is 18.3 Å². The van der Waals surface area contributed by atoms with Crippen LogP contribution in [0.5, 0.6) is 0 Å². The van der Waals surface area contributed by atoms with E-state index < -0.39 is 0 Å². The summed E-state index contributed by atoms with van der Waals surface area (Å²) < 4.78 is 7.55. The van der Waals surface area contributed by atoms with Crippen molar-refractivity contribution in [1.82, 2.24) is 29.5 Å². The van der Waals surface area contributed by atoms with Crippen LogP contribution in [0.4, 0.5) is 0 Å². The van der Waals surface area contributed by atoms with Crippen molar-refractivity contribution >= 4 is 5.91 Å². The van der Waals surface area contributed by atoms with E-state index in [0.717, 1.165) is 76.1 Å². The van der Waals surface area contributed by atoms with Crippen molar-refractivity contribution in [3.63, 3.8) is 0 Å². The maximum Gasteiger partial charge on any atom is 0.255 e. The lowest BCUT2D eigenvalue weighted by atomic mass is 9.95. The van der Waals surface area contributed by atoms with E-state index in [2.05, 4.69) is 31.7 Å². The number of morpholine rings is 1. The maximum atomic E-state index is 12.7. The molecule has 4 rings (SSSR count). The molecule has 2 aromatic rings. The Kier molecular flexibility index (Phi) is 5.68. The summed E-state index contributed by atoms with van der Waals surface area (Å²) in [6.45, 7) is 7.67. The van der Waals surface area contributed by atoms with Crippen molar-refractivity contribution in [2.45, 2.75) is 32.2 Å². The van der Waals surface area contributed by atoms with Gasteiger partial charge in [0, 0.05) is 51.0 Å². The van der Waals surface area contributed by atoms with Crippen molar-refractivity contribution in [3.05, 3.63) is 41.2 Å². The summed E-state index contributed by atoms with van der Waals surface area (Å²) in [6.07, 6.45) is 3.49. The van der Waals surface area contributed by atoms with Gasteiger partial charge in [-0.05, 0) is 31.9 Å². The molecule has 0 saturated carbocycles. The van der Waals surface area contributed by atoms with Gasteiger partial charge in [-0.25, -0.2) is 0 Å². The first-order valence-corrected chi connectivity index (χ1v) is 10.0. The highest BCUT2D eigenvalue weighted by Crippen LogP contribution is 2.27. The minimum absolute atomic E-state index is 0.0666. The minimum Gasteiger partial charge on any atom is -0.379 e. The molecule has 0 unspecified atom stereocenters. The number of hydrogen-bond acceptors (Lipinski definition) is 6. The van der Waals surface area contributed by atoms with Crippen LogP contribution < -0.4 is 0 Å². The van der Waals surface area contributed by atoms with Gasteiger partial charge in [-0.3, -0.25) is 14.7 Å². The van der Waals surface area contributed by atoms with Gasteiger partial charge in [-0.2, -0.15) is 0 Å². The van der Waals surface area contributed by atoms with E-state index in [4.69, 9.17) is 4.74 Å². The number of piperidine rings is 1. The molecule has 28 heavy (non-hydrogen) atoms. The fourth-order valence-corrected chi connectivity index (χ4v) is 3.95. The fourth-order valence-electron chi connectivity index (χ4n) is 3.95. The second-order valence-corrected chi connectivity index (χ2v) is 7.68. The Hall–Kier alpha value is -2.32. The second kappa shape index (κ2) is 8.36. The SMILES string of the molecule is Cc1ccc(C(=O)N2CCC(c3nnc(CN4CCOCC4)n3C)CC2)cn1. The molecule has 2 fully saturated rings. The third-order valence-electron chi connectivity index (χ3n) is 5.77. The molecular formula is C20H28N6O2. The number of carbonyl (C=O) groups excluding carboxylic acids is 1. The van der Waals surface area contributed by atoms with Crippen molar-refractivity contribution in [2.75, 3.05) is 39.4 Å². The van der Waals surface area contributed by atoms with E-state index in [-0.39, 0.29) is 5.91 Å². The van der Waals surface area contributed by atoms with Crippen LogP contribution in [0.25, 0.3) is 0 Å². The van der Waals surface area contributed by atoms with E-state index in [1.807, 2.05) is 24.0 Å². The van der Waals surface area contributed by atoms with Crippen LogP contribution >= 0.6 is 0 Å². The van der Waals surface area contributed by atoms with E-state index in [9.17, 15) is 4.79 Å². The lowest BCUT2D eigenvalue weighted by molar-refractivity contribution is 0.0326. The number of aryl methyl sites for hydroxylation is 1. The van der Waals surface area contributed by atoms with Crippen LogP contribution in [0, 0.1) is 6.92 Å². The molecule has 1 amide bonds. The van der Waals surface area contributed by atoms with Crippen molar-refractivity contribution in [1.29, 1.82) is 0 Å². The molecule has 4 heterocycles. The Labute approximate surface area is 165 Å². The predicted octanol–water partition coefficient (Wildman–Crippen LogP) is 1.37. The van der Waals surface area contributed by atoms with Crippen molar-refractivity contribution in [2.24, 2.45) is 7.05 Å². The molecule has 8 nitrogen and oxygen atoms in total. The molecule has 0 bridgehead atoms. The van der Waals surface area contributed by atoms with Crippen LogP contribution in [0.2, 0.25) is 0 Å². The molecular weight excluding hydrogens is 356 g/mol. The van der Waals surface area contributed by atoms with E-state index in [1.54, 1.807) is 6.20 Å². The zero-order valence-electron chi connectivity index (χ0n) is 16.7. The highest BCUT2D eigenvalue weighted by molar-refractivity contribution is 5.94. The molecule has 0 radical (unpaired) electrons. The topological polar surface area (TPSA) is 76.4 Å². The number of likely N-dealkylation sites (tertiary alicyclic amines) is 1. The smallest absolute Gasteiger partial charge is 0.255 e. The Morgan fingerprint density at radius 1 is 1.14 bits per heavy atom. The summed E-state index contributed by atoms with van der Waals surface area (Å²) in [7, 11) is 2.06. The third kappa shape index (κ3) is 4.07. The molecule has 2 aliphatic heterocycles. The number of amides is 1. The summed E-state index contributed by atoms with van der Waals surface area (Å²) >= 11 is 0. The normalized spacial score (nSPS) is 19.1. The summed E-state index contributed by atoms with van der Waals surface area (Å²) in [5.74, 6) is 2.45. The first-order valence-electron chi connectivity index (χ1n) is 10.0. The Balaban J connectivity index is 1.36. The Morgan fingerprint density at radius 2 is 1.89 bits per heavy atom. The molecule has 0 atom stereocenters. The number of rotatable bonds is 4. The molecule has 8 heteroatoms. The summed E-state index contributed by atoms with van der Waals surface area (Å²) in [5.41, 5.74) is 1.58. The second-order valence-electron chi connectivity index (χ2n) is 7.68. The molecule has 2 aromatic heterocycles. The number of carbonyl (C=O) groups is 1. The average molecular weight is 384 g/mol. The number of nitrogens with zero attached hydrogens (tertiary/aromatic N) is 6. The minimum atomic E-state index is 0.0666. The number of pyridine rings is 1. The molecule has 2 saturated heterocycles. The largest absolute Gasteiger partial charge is 0.379 e. The molecule has 0 N–H and O–H groups in total. The molecule has 0 spiro atoms. The lowest BCUT2D eigenvalue weighted by Gasteiger charge is -2.31. The van der Waals surface area contributed by atoms with Crippen molar-refractivity contribution in [3.8, 4) is 0 Å². The van der Waals surface area contributed by atoms with Gasteiger partial charge in [0.1, 0.15) is 11.6 Å². The summed E-state index contributed by atoms with van der Waals surface area (Å²) in [6, 6.07) is 3.74. The summed E-state index contributed by atoms with van der Waals surface area (Å²) in [5, 5.41) is 8.92. The molecule has 0 aromatic carbocycles. The van der Waals surface area contributed by atoms with Gasteiger partial charge in [0.25, 0.3) is 5.91 Å². The average Bonchev–Trinajstić information content (AvgIpc) is 3.09. The summed E-state index contributed by atoms with van der Waals surface area (Å²) in [4.78, 5) is 21.2. The first-order chi connectivity index (χ1) is 13.6. The van der Waals surface area contributed by atoms with Gasteiger partial charge in [-0.1, -0.05) is 0 Å². The monoisotopic (exact) mass is 384 g/mol. The van der Waals surface area contributed by atoms with Crippen molar-refractivity contribution < 1.29 is 9.53 Å². The molecule has 150 valence electrons. The van der Waals surface area contributed by atoms with Gasteiger partial charge in [0.2, 0.25) is 0 Å². The quantitative estimate of drug-likeness (QED) is 0.793. The predicted molar refractivity (Wildman–Crippen MR) is 104 cm³/mol. The van der Waals surface area contributed by atoms with Gasteiger partial charge in [0.05, 0.1) is 25.3 Å². The standard InChI is InChI=1S/C20H28N6O2/c1-15-3-4-17(13-21-15)20(27)26-7-5-16(6-8-26)19-23-22-18(24(19)2)14-25-9-11-28-12-10-25/h3-4,13,16H,5-12,14H2,1-2H3. The number of ether oxygens (including phenoxy) is 1. The van der Waals surface area contributed by atoms with E-state index >= 15 is 0 Å². The van der Waals surface area contributed by atoms with Crippen LogP contribution in [0.1, 0.15) is 46.5 Å². The Morgan fingerprint density at radius 3 is 2.57 bits per heavy atom. The van der Waals surface area contributed by atoms with Gasteiger partial charge >= 0.3 is 0 Å². The van der Waals surface area contributed by atoms with Crippen LogP contribution in [0.3, 0.4) is 0 Å². The van der Waals surface area contributed by atoms with Gasteiger partial charge in [-0.15, -0.1) is 10.2 Å². The van der Waals surface area contributed by atoms with Gasteiger partial charge < -0.3 is 14.2 Å². The third-order valence-corrected chi connectivity index (χ3v) is 5.77. The fraction of sp³-hybridized carbons (Fsp3) is 0.600. The highest BCUT2D eigenvalue weighted by atomic mass is 16.5. The molecule has 2 aliphatic rings. The lowest BCUT2D eigenvalue weighted by Crippen LogP contribution is -2.38. The molecule has 0 aliphatic carbocycles.